The van der Waals surface area contributed by atoms with Crippen LogP contribution < -0.4 is 14.8 Å². The van der Waals surface area contributed by atoms with E-state index in [9.17, 15) is 4.79 Å². The molecule has 2 aromatic heterocycles. The summed E-state index contributed by atoms with van der Waals surface area (Å²) in [7, 11) is 0. The summed E-state index contributed by atoms with van der Waals surface area (Å²) in [4.78, 5) is 22.1. The number of furan rings is 1. The van der Waals surface area contributed by atoms with Gasteiger partial charge in [-0.1, -0.05) is 6.42 Å². The van der Waals surface area contributed by atoms with Gasteiger partial charge in [0.1, 0.15) is 5.03 Å². The highest BCUT2D eigenvalue weighted by Crippen LogP contribution is 2.46. The lowest BCUT2D eigenvalue weighted by atomic mass is 9.94. The molecule has 1 aliphatic heterocycles. The van der Waals surface area contributed by atoms with E-state index in [0.717, 1.165) is 31.4 Å². The number of nitrogens with one attached hydrogen (secondary N) is 1. The van der Waals surface area contributed by atoms with Crippen LogP contribution in [0.5, 0.6) is 11.5 Å². The quantitative estimate of drug-likeness (QED) is 0.429. The first-order chi connectivity index (χ1) is 15.1. The van der Waals surface area contributed by atoms with Gasteiger partial charge in [0, 0.05) is 24.6 Å². The molecule has 7 nitrogen and oxygen atoms in total. The van der Waals surface area contributed by atoms with Crippen molar-refractivity contribution in [2.75, 3.05) is 11.6 Å². The van der Waals surface area contributed by atoms with E-state index in [1.54, 1.807) is 25.3 Å². The number of fused-ring (bicyclic) bond motifs is 1. The molecule has 1 spiro atoms. The van der Waals surface area contributed by atoms with E-state index in [2.05, 4.69) is 15.3 Å². The number of benzene rings is 1. The summed E-state index contributed by atoms with van der Waals surface area (Å²) in [6.07, 6.45) is 8.64. The van der Waals surface area contributed by atoms with Crippen LogP contribution in [0, 0.1) is 6.92 Å². The maximum Gasteiger partial charge on any atom is 0.260 e. The van der Waals surface area contributed by atoms with Crippen LogP contribution in [0.4, 0.5) is 5.69 Å². The minimum absolute atomic E-state index is 0.265. The van der Waals surface area contributed by atoms with Crippen LogP contribution in [-0.4, -0.2) is 27.9 Å². The molecule has 3 heterocycles. The Balaban J connectivity index is 1.38. The zero-order chi connectivity index (χ0) is 21.4. The summed E-state index contributed by atoms with van der Waals surface area (Å²) in [5, 5.41) is 3.55. The molecule has 0 unspecified atom stereocenters. The van der Waals surface area contributed by atoms with Crippen molar-refractivity contribution in [3.63, 3.8) is 0 Å². The van der Waals surface area contributed by atoms with Gasteiger partial charge in [0.15, 0.2) is 23.1 Å². The molecule has 5 rings (SSSR count). The lowest BCUT2D eigenvalue weighted by Gasteiger charge is -2.31. The second-order valence-corrected chi connectivity index (χ2v) is 8.58. The summed E-state index contributed by atoms with van der Waals surface area (Å²) in [6.45, 7) is 1.80. The van der Waals surface area contributed by atoms with Crippen molar-refractivity contribution in [1.29, 1.82) is 0 Å². The normalized spacial score (nSPS) is 16.5. The van der Waals surface area contributed by atoms with Crippen LogP contribution >= 0.6 is 11.8 Å². The van der Waals surface area contributed by atoms with Crippen LogP contribution in [0.25, 0.3) is 11.6 Å². The number of aromatic nitrogens is 2. The molecule has 3 aromatic rings. The second-order valence-electron chi connectivity index (χ2n) is 7.79. The number of ether oxygens (including phenoxy) is 2. The maximum absolute atomic E-state index is 13.1. The third kappa shape index (κ3) is 3.76. The van der Waals surface area contributed by atoms with Crippen LogP contribution in [0.3, 0.4) is 0 Å². The van der Waals surface area contributed by atoms with Gasteiger partial charge in [-0.15, -0.1) is 11.8 Å². The fourth-order valence-electron chi connectivity index (χ4n) is 4.13. The smallest absolute Gasteiger partial charge is 0.260 e. The van der Waals surface area contributed by atoms with Crippen molar-refractivity contribution >= 4 is 23.4 Å². The third-order valence-corrected chi connectivity index (χ3v) is 6.31. The molecule has 1 amide bonds. The predicted octanol–water partition coefficient (Wildman–Crippen LogP) is 5.45. The van der Waals surface area contributed by atoms with E-state index in [-0.39, 0.29) is 5.91 Å². The number of carbonyl (C=O) groups excluding carboxylic acids is 1. The number of carbonyl (C=O) groups is 1. The molecule has 1 N–H and O–H groups in total. The highest BCUT2D eigenvalue weighted by atomic mass is 32.2. The van der Waals surface area contributed by atoms with Crippen LogP contribution in [0.2, 0.25) is 0 Å². The Morgan fingerprint density at radius 3 is 2.65 bits per heavy atom. The summed E-state index contributed by atoms with van der Waals surface area (Å²) in [5.74, 6) is 1.63. The van der Waals surface area contributed by atoms with Crippen molar-refractivity contribution in [1.82, 2.24) is 9.97 Å². The molecular weight excluding hydrogens is 414 g/mol. The molecule has 8 heteroatoms. The third-order valence-electron chi connectivity index (χ3n) is 5.63. The van der Waals surface area contributed by atoms with Gasteiger partial charge in [-0.25, -0.2) is 9.97 Å². The fraction of sp³-hybridized carbons (Fsp3) is 0.348. The minimum Gasteiger partial charge on any atom is -0.461 e. The lowest BCUT2D eigenvalue weighted by molar-refractivity contribution is -0.105. The van der Waals surface area contributed by atoms with E-state index < -0.39 is 5.79 Å². The maximum atomic E-state index is 13.1. The van der Waals surface area contributed by atoms with Gasteiger partial charge in [0.2, 0.25) is 0 Å². The Kier molecular flexibility index (Phi) is 5.09. The van der Waals surface area contributed by atoms with Gasteiger partial charge in [-0.3, -0.25) is 4.79 Å². The van der Waals surface area contributed by atoms with Crippen molar-refractivity contribution in [2.24, 2.45) is 0 Å². The lowest BCUT2D eigenvalue weighted by Crippen LogP contribution is -2.40. The number of anilines is 1. The number of nitrogens with zero attached hydrogens (tertiary/aromatic N) is 2. The number of aryl methyl sites for hydroxylation is 1. The first-order valence-corrected chi connectivity index (χ1v) is 11.6. The Morgan fingerprint density at radius 1 is 1.10 bits per heavy atom. The summed E-state index contributed by atoms with van der Waals surface area (Å²) in [6, 6.07) is 9.08. The minimum atomic E-state index is -0.540. The van der Waals surface area contributed by atoms with Crippen molar-refractivity contribution < 1.29 is 18.7 Å². The van der Waals surface area contributed by atoms with Crippen molar-refractivity contribution in [3.8, 4) is 23.1 Å². The van der Waals surface area contributed by atoms with Gasteiger partial charge in [0.25, 0.3) is 11.7 Å². The zero-order valence-corrected chi connectivity index (χ0v) is 18.3. The van der Waals surface area contributed by atoms with Gasteiger partial charge in [-0.05, 0) is 50.3 Å². The van der Waals surface area contributed by atoms with Gasteiger partial charge < -0.3 is 19.2 Å². The SMILES string of the molecule is CSc1nc(-c2ccco2)nc(C)c1C(=O)Nc1ccc2c(c1)OC1(CCCCC1)O2. The number of hydrogen-bond acceptors (Lipinski definition) is 7. The van der Waals surface area contributed by atoms with Crippen molar-refractivity contribution in [3.05, 3.63) is 47.9 Å². The molecule has 1 fully saturated rings. The van der Waals surface area contributed by atoms with E-state index in [1.807, 2.05) is 24.5 Å². The molecule has 1 aliphatic carbocycles. The molecule has 2 aliphatic rings. The van der Waals surface area contributed by atoms with Crippen LogP contribution in [-0.2, 0) is 0 Å². The van der Waals surface area contributed by atoms with E-state index in [0.29, 0.717) is 39.3 Å². The Hall–Kier alpha value is -3.00. The topological polar surface area (TPSA) is 86.5 Å². The molecule has 0 bridgehead atoms. The van der Waals surface area contributed by atoms with Gasteiger partial charge >= 0.3 is 0 Å². The fourth-order valence-corrected chi connectivity index (χ4v) is 4.75. The van der Waals surface area contributed by atoms with Gasteiger partial charge in [-0.2, -0.15) is 0 Å². The van der Waals surface area contributed by atoms with Crippen LogP contribution in [0.1, 0.15) is 48.2 Å². The predicted molar refractivity (Wildman–Crippen MR) is 118 cm³/mol. The number of thioether (sulfide) groups is 1. The monoisotopic (exact) mass is 437 g/mol. The molecule has 0 saturated heterocycles. The largest absolute Gasteiger partial charge is 0.461 e. The Morgan fingerprint density at radius 2 is 1.90 bits per heavy atom. The number of amides is 1. The second kappa shape index (κ2) is 7.92. The zero-order valence-electron chi connectivity index (χ0n) is 17.4. The number of rotatable bonds is 4. The highest BCUT2D eigenvalue weighted by molar-refractivity contribution is 7.98. The number of hydrogen-bond donors (Lipinski definition) is 1. The summed E-state index contributed by atoms with van der Waals surface area (Å²) >= 11 is 1.40. The van der Waals surface area contributed by atoms with Crippen molar-refractivity contribution in [2.45, 2.75) is 49.8 Å². The summed E-state index contributed by atoms with van der Waals surface area (Å²) < 4.78 is 17.7. The van der Waals surface area contributed by atoms with Gasteiger partial charge in [0.05, 0.1) is 17.5 Å². The summed E-state index contributed by atoms with van der Waals surface area (Å²) in [5.41, 5.74) is 1.68. The average molecular weight is 438 g/mol. The molecule has 1 aromatic carbocycles. The first kappa shape index (κ1) is 19.9. The van der Waals surface area contributed by atoms with E-state index in [4.69, 9.17) is 13.9 Å². The van der Waals surface area contributed by atoms with E-state index >= 15 is 0 Å². The average Bonchev–Trinajstić information content (AvgIpc) is 3.41. The highest BCUT2D eigenvalue weighted by Gasteiger charge is 2.42. The Labute approximate surface area is 184 Å². The first-order valence-electron chi connectivity index (χ1n) is 10.4. The van der Waals surface area contributed by atoms with E-state index in [1.165, 1.54) is 18.2 Å². The Bertz CT molecular complexity index is 1120. The molecular formula is C23H23N3O4S. The molecule has 160 valence electrons. The molecule has 0 radical (unpaired) electrons. The molecule has 31 heavy (non-hydrogen) atoms. The molecule has 1 saturated carbocycles. The standard InChI is InChI=1S/C23H23N3O4S/c1-14-19(22(31-2)26-20(24-14)17-7-6-12-28-17)21(27)25-15-8-9-16-18(13-15)30-23(29-16)10-4-3-5-11-23/h6-9,12-13H,3-5,10-11H2,1-2H3,(H,25,27). The van der Waals surface area contributed by atoms with Crippen LogP contribution in [0.15, 0.2) is 46.0 Å². The molecule has 0 atom stereocenters.